The van der Waals surface area contributed by atoms with E-state index >= 15 is 0 Å². The molecule has 4 rings (SSSR count). The van der Waals surface area contributed by atoms with Crippen LogP contribution >= 0.6 is 0 Å². The Morgan fingerprint density at radius 1 is 1.29 bits per heavy atom. The van der Waals surface area contributed by atoms with Crippen LogP contribution in [0.15, 0.2) is 41.4 Å². The fourth-order valence-electron chi connectivity index (χ4n) is 3.46. The Kier molecular flexibility index (Phi) is 4.76. The van der Waals surface area contributed by atoms with E-state index in [4.69, 9.17) is 9.47 Å². The van der Waals surface area contributed by atoms with Gasteiger partial charge in [-0.3, -0.25) is 0 Å². The number of aromatic amines is 1. The lowest BCUT2D eigenvalue weighted by molar-refractivity contribution is -0.586. The van der Waals surface area contributed by atoms with Gasteiger partial charge in [0.05, 0.1) is 35.4 Å². The molecule has 1 saturated heterocycles. The summed E-state index contributed by atoms with van der Waals surface area (Å²) in [5.74, 6) is 0.591. The molecule has 3 heterocycles. The van der Waals surface area contributed by atoms with Crippen molar-refractivity contribution in [3.63, 3.8) is 0 Å². The number of aryl methyl sites for hydroxylation is 1. The molecule has 0 amide bonds. The lowest BCUT2D eigenvalue weighted by Gasteiger charge is -2.18. The maximum absolute atomic E-state index is 12.5. The van der Waals surface area contributed by atoms with E-state index < -0.39 is 9.84 Å². The molecule has 1 unspecified atom stereocenters. The van der Waals surface area contributed by atoms with E-state index in [1.165, 1.54) is 0 Å². The first-order valence-electron chi connectivity index (χ1n) is 9.22. The van der Waals surface area contributed by atoms with Gasteiger partial charge in [0.25, 0.3) is 5.65 Å². The number of benzene rings is 1. The number of nitrogens with zero attached hydrogens (tertiary/aromatic N) is 1. The molecular weight excluding hydrogens is 380 g/mol. The second-order valence-corrected chi connectivity index (χ2v) is 9.18. The highest BCUT2D eigenvalue weighted by molar-refractivity contribution is 7.91. The van der Waals surface area contributed by atoms with Crippen LogP contribution < -0.4 is 9.47 Å². The standard InChI is InChI=1S/C20H22N2O5S/c1-3-28(24,25)15-4-5-19(27-14-7-9-26-12-14)18(11-15)17-10-13(2)22(23)20-16(17)6-8-21-20/h4-6,8,10-11,14,21H,3,7,9,12H2,1-2H3. The molecule has 7 nitrogen and oxygen atoms in total. The Hall–Kier alpha value is -2.58. The minimum atomic E-state index is -3.39. The predicted molar refractivity (Wildman–Crippen MR) is 105 cm³/mol. The van der Waals surface area contributed by atoms with Gasteiger partial charge in [-0.2, -0.15) is 0 Å². The number of pyridine rings is 1. The van der Waals surface area contributed by atoms with Gasteiger partial charge in [0.15, 0.2) is 9.84 Å². The average molecular weight is 402 g/mol. The largest absolute Gasteiger partial charge is 0.710 e. The molecule has 1 aliphatic heterocycles. The number of hydrogen-bond donors (Lipinski definition) is 1. The molecule has 1 aromatic carbocycles. The molecule has 0 spiro atoms. The zero-order chi connectivity index (χ0) is 19.9. The number of rotatable bonds is 5. The monoisotopic (exact) mass is 402 g/mol. The molecular formula is C20H22N2O5S. The lowest BCUT2D eigenvalue weighted by atomic mass is 10.0. The SMILES string of the molecule is CCS(=O)(=O)c1ccc(OC2CCOC2)c(-c2cc(C)[n+]([O-])c3[nH]ccc23)c1. The number of ether oxygens (including phenoxy) is 2. The number of aromatic nitrogens is 2. The van der Waals surface area contributed by atoms with Crippen LogP contribution in [0, 0.1) is 12.1 Å². The lowest BCUT2D eigenvalue weighted by Crippen LogP contribution is -2.31. The van der Waals surface area contributed by atoms with Crippen LogP contribution in [0.4, 0.5) is 0 Å². The van der Waals surface area contributed by atoms with Gasteiger partial charge < -0.3 is 14.7 Å². The minimum Gasteiger partial charge on any atom is -0.710 e. The van der Waals surface area contributed by atoms with Crippen molar-refractivity contribution in [3.05, 3.63) is 47.4 Å². The molecule has 0 radical (unpaired) electrons. The summed E-state index contributed by atoms with van der Waals surface area (Å²) in [7, 11) is -3.39. The Balaban J connectivity index is 1.94. The summed E-state index contributed by atoms with van der Waals surface area (Å²) in [6.45, 7) is 4.48. The molecule has 1 atom stereocenters. The van der Waals surface area contributed by atoms with Crippen molar-refractivity contribution >= 4 is 20.9 Å². The molecule has 1 aliphatic rings. The third kappa shape index (κ3) is 3.22. The van der Waals surface area contributed by atoms with E-state index in [2.05, 4.69) is 4.98 Å². The van der Waals surface area contributed by atoms with Crippen molar-refractivity contribution in [3.8, 4) is 16.9 Å². The van der Waals surface area contributed by atoms with E-state index in [0.717, 1.165) is 16.7 Å². The number of fused-ring (bicyclic) bond motifs is 1. The van der Waals surface area contributed by atoms with E-state index in [1.54, 1.807) is 44.3 Å². The van der Waals surface area contributed by atoms with Crippen molar-refractivity contribution < 1.29 is 22.6 Å². The fraction of sp³-hybridized carbons (Fsp3) is 0.350. The minimum absolute atomic E-state index is 0.0110. The predicted octanol–water partition coefficient (Wildman–Crippen LogP) is 2.74. The van der Waals surface area contributed by atoms with Gasteiger partial charge in [0.2, 0.25) is 0 Å². The van der Waals surface area contributed by atoms with Gasteiger partial charge >= 0.3 is 0 Å². The first kappa shape index (κ1) is 18.8. The van der Waals surface area contributed by atoms with Crippen molar-refractivity contribution in [1.82, 2.24) is 4.98 Å². The van der Waals surface area contributed by atoms with E-state index in [1.807, 2.05) is 6.07 Å². The molecule has 2 aromatic heterocycles. The molecule has 1 fully saturated rings. The summed E-state index contributed by atoms with van der Waals surface area (Å²) in [6, 6.07) is 8.48. The average Bonchev–Trinajstić information content (AvgIpc) is 3.37. The molecule has 3 aromatic rings. The number of hydrogen-bond acceptors (Lipinski definition) is 5. The summed E-state index contributed by atoms with van der Waals surface area (Å²) >= 11 is 0. The number of H-pyrrole nitrogens is 1. The Morgan fingerprint density at radius 2 is 2.11 bits per heavy atom. The zero-order valence-corrected chi connectivity index (χ0v) is 16.6. The van der Waals surface area contributed by atoms with Crippen molar-refractivity contribution in [2.75, 3.05) is 19.0 Å². The highest BCUT2D eigenvalue weighted by Gasteiger charge is 2.23. The van der Waals surface area contributed by atoms with Crippen LogP contribution in [-0.2, 0) is 14.6 Å². The molecule has 0 bridgehead atoms. The highest BCUT2D eigenvalue weighted by Crippen LogP contribution is 2.37. The number of sulfone groups is 1. The van der Waals surface area contributed by atoms with Crippen LogP contribution in [-0.4, -0.2) is 38.5 Å². The van der Waals surface area contributed by atoms with E-state index in [-0.39, 0.29) is 16.8 Å². The molecule has 1 N–H and O–H groups in total. The van der Waals surface area contributed by atoms with Gasteiger partial charge in [-0.1, -0.05) is 6.92 Å². The van der Waals surface area contributed by atoms with Gasteiger partial charge in [0, 0.05) is 17.5 Å². The van der Waals surface area contributed by atoms with Crippen molar-refractivity contribution in [1.29, 1.82) is 0 Å². The van der Waals surface area contributed by atoms with E-state index in [0.29, 0.717) is 41.3 Å². The Bertz CT molecular complexity index is 1130. The van der Waals surface area contributed by atoms with Crippen LogP contribution in [0.2, 0.25) is 0 Å². The van der Waals surface area contributed by atoms with Gasteiger partial charge in [-0.15, -0.1) is 0 Å². The summed E-state index contributed by atoms with van der Waals surface area (Å²) in [4.78, 5) is 3.20. The van der Waals surface area contributed by atoms with E-state index in [9.17, 15) is 13.6 Å². The maximum Gasteiger partial charge on any atom is 0.290 e. The van der Waals surface area contributed by atoms with Crippen LogP contribution in [0.1, 0.15) is 19.0 Å². The van der Waals surface area contributed by atoms with Crippen LogP contribution in [0.3, 0.4) is 0 Å². The molecule has 8 heteroatoms. The van der Waals surface area contributed by atoms with Crippen LogP contribution in [0.25, 0.3) is 22.2 Å². The second kappa shape index (κ2) is 7.10. The summed E-state index contributed by atoms with van der Waals surface area (Å²) in [5, 5.41) is 13.1. The molecule has 0 saturated carbocycles. The fourth-order valence-corrected chi connectivity index (χ4v) is 4.36. The van der Waals surface area contributed by atoms with Crippen LogP contribution in [0.5, 0.6) is 5.75 Å². The third-order valence-electron chi connectivity index (χ3n) is 5.05. The smallest absolute Gasteiger partial charge is 0.290 e. The highest BCUT2D eigenvalue weighted by atomic mass is 32.2. The topological polar surface area (TPSA) is 95.3 Å². The zero-order valence-electron chi connectivity index (χ0n) is 15.8. The van der Waals surface area contributed by atoms with Crippen molar-refractivity contribution in [2.24, 2.45) is 0 Å². The quantitative estimate of drug-likeness (QED) is 0.523. The second-order valence-electron chi connectivity index (χ2n) is 6.90. The first-order chi connectivity index (χ1) is 13.4. The number of nitrogens with one attached hydrogen (secondary N) is 1. The third-order valence-corrected chi connectivity index (χ3v) is 6.79. The van der Waals surface area contributed by atoms with Gasteiger partial charge in [-0.05, 0) is 37.3 Å². The first-order valence-corrected chi connectivity index (χ1v) is 10.9. The summed E-state index contributed by atoms with van der Waals surface area (Å²) in [5.41, 5.74) is 2.33. The Morgan fingerprint density at radius 3 is 2.82 bits per heavy atom. The van der Waals surface area contributed by atoms with Gasteiger partial charge in [0.1, 0.15) is 17.5 Å². The van der Waals surface area contributed by atoms with Gasteiger partial charge in [-0.25, -0.2) is 18.1 Å². The summed E-state index contributed by atoms with van der Waals surface area (Å²) < 4.78 is 37.3. The normalized spacial score (nSPS) is 17.3. The summed E-state index contributed by atoms with van der Waals surface area (Å²) in [6.07, 6.45) is 2.39. The molecule has 148 valence electrons. The Labute approximate surface area is 163 Å². The molecule has 0 aliphatic carbocycles. The molecule has 28 heavy (non-hydrogen) atoms. The van der Waals surface area contributed by atoms with Crippen molar-refractivity contribution in [2.45, 2.75) is 31.3 Å². The maximum atomic E-state index is 12.5.